The van der Waals surface area contributed by atoms with Crippen LogP contribution in [0.5, 0.6) is 0 Å². The molecule has 0 radical (unpaired) electrons. The Labute approximate surface area is 103 Å². The van der Waals surface area contributed by atoms with Crippen LogP contribution in [-0.4, -0.2) is 51.5 Å². The molecule has 1 aliphatic rings. The van der Waals surface area contributed by atoms with E-state index in [9.17, 15) is 4.79 Å². The van der Waals surface area contributed by atoms with Crippen LogP contribution in [0.3, 0.4) is 0 Å². The van der Waals surface area contributed by atoms with Gasteiger partial charge in [-0.1, -0.05) is 0 Å². The van der Waals surface area contributed by atoms with Crippen LogP contribution in [0, 0.1) is 0 Å². The van der Waals surface area contributed by atoms with Gasteiger partial charge in [0.1, 0.15) is 0 Å². The summed E-state index contributed by atoms with van der Waals surface area (Å²) in [7, 11) is 3.39. The molecule has 17 heavy (non-hydrogen) atoms. The van der Waals surface area contributed by atoms with Crippen LogP contribution in [0.2, 0.25) is 0 Å². The first kappa shape index (κ1) is 14.4. The highest BCUT2D eigenvalue weighted by atomic mass is 16.5. The predicted octanol–water partition coefficient (Wildman–Crippen LogP) is 0.295. The minimum absolute atomic E-state index is 0.0574. The summed E-state index contributed by atoms with van der Waals surface area (Å²) >= 11 is 0. The van der Waals surface area contributed by atoms with Crippen LogP contribution in [0.4, 0.5) is 0 Å². The molecule has 0 aromatic rings. The number of hydrogen-bond acceptors (Lipinski definition) is 4. The van der Waals surface area contributed by atoms with Crippen LogP contribution >= 0.6 is 0 Å². The number of rotatable bonds is 8. The molecule has 0 aromatic heterocycles. The van der Waals surface area contributed by atoms with Gasteiger partial charge in [0.15, 0.2) is 0 Å². The molecule has 5 nitrogen and oxygen atoms in total. The van der Waals surface area contributed by atoms with Crippen molar-refractivity contribution >= 4 is 5.91 Å². The minimum atomic E-state index is -0.139. The van der Waals surface area contributed by atoms with Gasteiger partial charge in [-0.15, -0.1) is 0 Å². The van der Waals surface area contributed by atoms with Gasteiger partial charge in [-0.05, 0) is 26.2 Å². The Hall–Kier alpha value is -0.650. The fourth-order valence-electron chi connectivity index (χ4n) is 1.90. The Morgan fingerprint density at radius 3 is 2.71 bits per heavy atom. The largest absolute Gasteiger partial charge is 0.385 e. The number of hydrogen-bond donors (Lipinski definition) is 2. The highest BCUT2D eigenvalue weighted by molar-refractivity contribution is 5.81. The summed E-state index contributed by atoms with van der Waals surface area (Å²) in [4.78, 5) is 11.7. The molecular formula is C12H24N2O3. The molecule has 0 aromatic carbocycles. The van der Waals surface area contributed by atoms with Gasteiger partial charge in [0.05, 0.1) is 12.1 Å². The van der Waals surface area contributed by atoms with Crippen molar-refractivity contribution < 1.29 is 14.3 Å². The molecule has 1 amide bonds. The monoisotopic (exact) mass is 244 g/mol. The molecular weight excluding hydrogens is 220 g/mol. The molecule has 1 atom stereocenters. The third-order valence-corrected chi connectivity index (χ3v) is 3.13. The van der Waals surface area contributed by atoms with Gasteiger partial charge in [0.2, 0.25) is 5.91 Å². The fraction of sp³-hybridized carbons (Fsp3) is 0.917. The molecule has 0 spiro atoms. The normalized spacial score (nSPS) is 25.1. The predicted molar refractivity (Wildman–Crippen MR) is 65.9 cm³/mol. The zero-order chi connectivity index (χ0) is 12.7. The zero-order valence-electron chi connectivity index (χ0n) is 11.0. The maximum atomic E-state index is 11.7. The van der Waals surface area contributed by atoms with E-state index < -0.39 is 0 Å². The first-order valence-corrected chi connectivity index (χ1v) is 6.22. The third kappa shape index (κ3) is 5.02. The van der Waals surface area contributed by atoms with Gasteiger partial charge in [0, 0.05) is 33.4 Å². The topological polar surface area (TPSA) is 59.6 Å². The molecule has 1 aliphatic carbocycles. The van der Waals surface area contributed by atoms with Gasteiger partial charge >= 0.3 is 0 Å². The van der Waals surface area contributed by atoms with Crippen molar-refractivity contribution in [2.24, 2.45) is 0 Å². The van der Waals surface area contributed by atoms with Crippen molar-refractivity contribution in [1.82, 2.24) is 10.6 Å². The second kappa shape index (κ2) is 7.63. The lowest BCUT2D eigenvalue weighted by atomic mass is 9.88. The highest BCUT2D eigenvalue weighted by Gasteiger charge is 2.30. The van der Waals surface area contributed by atoms with E-state index >= 15 is 0 Å². The molecule has 1 unspecified atom stereocenters. The van der Waals surface area contributed by atoms with Crippen LogP contribution in [-0.2, 0) is 14.3 Å². The smallest absolute Gasteiger partial charge is 0.236 e. The highest BCUT2D eigenvalue weighted by Crippen LogP contribution is 2.22. The van der Waals surface area contributed by atoms with E-state index in [1.807, 2.05) is 6.92 Å². The van der Waals surface area contributed by atoms with E-state index in [0.29, 0.717) is 25.3 Å². The summed E-state index contributed by atoms with van der Waals surface area (Å²) in [5.74, 6) is 0.0574. The molecule has 2 N–H and O–H groups in total. The van der Waals surface area contributed by atoms with E-state index in [4.69, 9.17) is 9.47 Å². The number of ether oxygens (including phenoxy) is 2. The molecule has 100 valence electrons. The molecule has 0 saturated heterocycles. The quantitative estimate of drug-likeness (QED) is 0.603. The Morgan fingerprint density at radius 2 is 2.12 bits per heavy atom. The molecule has 0 heterocycles. The molecule has 1 rings (SSSR count). The van der Waals surface area contributed by atoms with Crippen molar-refractivity contribution in [3.63, 3.8) is 0 Å². The Kier molecular flexibility index (Phi) is 6.47. The number of carbonyl (C=O) groups excluding carboxylic acids is 1. The maximum absolute atomic E-state index is 11.7. The Bertz CT molecular complexity index is 230. The molecule has 0 aliphatic heterocycles. The summed E-state index contributed by atoms with van der Waals surface area (Å²) in [6, 6.07) is 0.278. The lowest BCUT2D eigenvalue weighted by Crippen LogP contribution is -2.53. The van der Waals surface area contributed by atoms with Gasteiger partial charge in [-0.25, -0.2) is 0 Å². The lowest BCUT2D eigenvalue weighted by molar-refractivity contribution is -0.123. The molecule has 5 heteroatoms. The summed E-state index contributed by atoms with van der Waals surface area (Å²) in [6.07, 6.45) is 3.21. The summed E-state index contributed by atoms with van der Waals surface area (Å²) < 4.78 is 10.1. The first-order chi connectivity index (χ1) is 8.17. The van der Waals surface area contributed by atoms with E-state index in [-0.39, 0.29) is 11.9 Å². The first-order valence-electron chi connectivity index (χ1n) is 6.22. The SMILES string of the molecule is COCCCNC(=O)C(C)NC1CC(OC)C1. The fourth-order valence-corrected chi connectivity index (χ4v) is 1.90. The van der Waals surface area contributed by atoms with Crippen molar-refractivity contribution in [2.75, 3.05) is 27.4 Å². The minimum Gasteiger partial charge on any atom is -0.385 e. The third-order valence-electron chi connectivity index (χ3n) is 3.13. The summed E-state index contributed by atoms with van der Waals surface area (Å²) in [6.45, 7) is 3.25. The van der Waals surface area contributed by atoms with Crippen molar-refractivity contribution in [1.29, 1.82) is 0 Å². The van der Waals surface area contributed by atoms with Gasteiger partial charge < -0.3 is 20.1 Å². The van der Waals surface area contributed by atoms with Crippen LogP contribution < -0.4 is 10.6 Å². The number of methoxy groups -OCH3 is 2. The number of amides is 1. The second-order valence-electron chi connectivity index (χ2n) is 4.55. The van der Waals surface area contributed by atoms with E-state index in [0.717, 1.165) is 19.3 Å². The van der Waals surface area contributed by atoms with Crippen LogP contribution in [0.25, 0.3) is 0 Å². The molecule has 1 fully saturated rings. The standard InChI is InChI=1S/C12H24N2O3/c1-9(12(15)13-5-4-6-16-2)14-10-7-11(8-10)17-3/h9-11,14H,4-8H2,1-3H3,(H,13,15). The molecule has 1 saturated carbocycles. The average Bonchev–Trinajstić information content (AvgIpc) is 2.28. The summed E-state index contributed by atoms with van der Waals surface area (Å²) in [5, 5.41) is 6.18. The summed E-state index contributed by atoms with van der Waals surface area (Å²) in [5.41, 5.74) is 0. The lowest BCUT2D eigenvalue weighted by Gasteiger charge is -2.36. The Balaban J connectivity index is 2.06. The Morgan fingerprint density at radius 1 is 1.41 bits per heavy atom. The molecule has 0 bridgehead atoms. The van der Waals surface area contributed by atoms with Crippen molar-refractivity contribution in [3.05, 3.63) is 0 Å². The maximum Gasteiger partial charge on any atom is 0.236 e. The van der Waals surface area contributed by atoms with Crippen molar-refractivity contribution in [3.8, 4) is 0 Å². The van der Waals surface area contributed by atoms with Gasteiger partial charge in [-0.3, -0.25) is 4.79 Å². The average molecular weight is 244 g/mol. The van der Waals surface area contributed by atoms with Gasteiger partial charge in [-0.2, -0.15) is 0 Å². The zero-order valence-corrected chi connectivity index (χ0v) is 11.0. The van der Waals surface area contributed by atoms with E-state index in [1.165, 1.54) is 0 Å². The van der Waals surface area contributed by atoms with Crippen molar-refractivity contribution in [2.45, 2.75) is 44.4 Å². The van der Waals surface area contributed by atoms with E-state index in [2.05, 4.69) is 10.6 Å². The second-order valence-corrected chi connectivity index (χ2v) is 4.55. The van der Waals surface area contributed by atoms with Crippen LogP contribution in [0.15, 0.2) is 0 Å². The number of carbonyl (C=O) groups is 1. The van der Waals surface area contributed by atoms with Gasteiger partial charge in [0.25, 0.3) is 0 Å². The van der Waals surface area contributed by atoms with Crippen LogP contribution in [0.1, 0.15) is 26.2 Å². The number of nitrogens with one attached hydrogen (secondary N) is 2. The van der Waals surface area contributed by atoms with E-state index in [1.54, 1.807) is 14.2 Å².